The third-order valence-electron chi connectivity index (χ3n) is 8.79. The Morgan fingerprint density at radius 1 is 0.378 bits per heavy atom. The topological polar surface area (TPSA) is 53.2 Å². The molecular formula is C40H24N2O3. The van der Waals surface area contributed by atoms with Crippen molar-refractivity contribution in [2.45, 2.75) is 0 Å². The van der Waals surface area contributed by atoms with Gasteiger partial charge in [0.2, 0.25) is 0 Å². The lowest BCUT2D eigenvalue weighted by molar-refractivity contribution is -0.149. The summed E-state index contributed by atoms with van der Waals surface area (Å²) in [7, 11) is 0. The Bertz CT molecular complexity index is 2360. The minimum absolute atomic E-state index is 0.282. The quantitative estimate of drug-likeness (QED) is 0.154. The van der Waals surface area contributed by atoms with Crippen LogP contribution in [0.4, 0.5) is 0 Å². The van der Waals surface area contributed by atoms with Crippen LogP contribution < -0.4 is 0 Å². The minimum Gasteiger partial charge on any atom is -0.386 e. The molecule has 2 aromatic heterocycles. The van der Waals surface area contributed by atoms with Crippen molar-refractivity contribution >= 4 is 66.7 Å². The highest BCUT2D eigenvalue weighted by molar-refractivity contribution is 6.45. The van der Waals surface area contributed by atoms with Gasteiger partial charge in [0.15, 0.2) is 0 Å². The second kappa shape index (κ2) is 9.66. The van der Waals surface area contributed by atoms with Crippen molar-refractivity contribution < 1.29 is 14.3 Å². The van der Waals surface area contributed by atoms with Crippen LogP contribution in [0.2, 0.25) is 0 Å². The molecule has 0 bridgehead atoms. The summed E-state index contributed by atoms with van der Waals surface area (Å²) in [6.45, 7) is 0. The minimum atomic E-state index is -0.632. The molecule has 45 heavy (non-hydrogen) atoms. The first-order chi connectivity index (χ1) is 22.2. The molecule has 0 N–H and O–H groups in total. The maximum absolute atomic E-state index is 13.4. The SMILES string of the molecule is O=C1OC(=O)C(c2ccc3c(c2)c2ccccc2n3-c2ccccc2)=C1c1ccc2c(c1)c1ccccc1n2-c1ccccc1. The van der Waals surface area contributed by atoms with Crippen LogP contribution in [0.5, 0.6) is 0 Å². The summed E-state index contributed by atoms with van der Waals surface area (Å²) < 4.78 is 9.72. The summed E-state index contributed by atoms with van der Waals surface area (Å²) in [6, 6.07) is 48.8. The highest BCUT2D eigenvalue weighted by Crippen LogP contribution is 2.40. The fourth-order valence-corrected chi connectivity index (χ4v) is 6.88. The molecule has 0 amide bonds. The molecule has 0 radical (unpaired) electrons. The predicted molar refractivity (Wildman–Crippen MR) is 179 cm³/mol. The van der Waals surface area contributed by atoms with Gasteiger partial charge in [-0.25, -0.2) is 9.59 Å². The smallest absolute Gasteiger partial charge is 0.347 e. The molecule has 0 saturated heterocycles. The Morgan fingerprint density at radius 3 is 1.20 bits per heavy atom. The number of para-hydroxylation sites is 4. The largest absolute Gasteiger partial charge is 0.386 e. The first kappa shape index (κ1) is 25.3. The summed E-state index contributed by atoms with van der Waals surface area (Å²) in [5.74, 6) is -1.26. The zero-order valence-corrected chi connectivity index (χ0v) is 24.0. The first-order valence-electron chi connectivity index (χ1n) is 14.9. The molecule has 1 aliphatic heterocycles. The Morgan fingerprint density at radius 2 is 0.756 bits per heavy atom. The lowest BCUT2D eigenvalue weighted by atomic mass is 9.94. The summed E-state index contributed by atoms with van der Waals surface area (Å²) >= 11 is 0. The Hall–Kier alpha value is -6.20. The Kier molecular flexibility index (Phi) is 5.43. The van der Waals surface area contributed by atoms with Crippen LogP contribution in [0.25, 0.3) is 66.1 Å². The van der Waals surface area contributed by atoms with Gasteiger partial charge in [0, 0.05) is 32.9 Å². The molecule has 3 heterocycles. The molecule has 5 heteroatoms. The van der Waals surface area contributed by atoms with Crippen molar-refractivity contribution in [3.63, 3.8) is 0 Å². The number of ether oxygens (including phenoxy) is 1. The van der Waals surface area contributed by atoms with E-state index in [9.17, 15) is 9.59 Å². The number of cyclic esters (lactones) is 2. The van der Waals surface area contributed by atoms with Crippen molar-refractivity contribution in [1.29, 1.82) is 0 Å². The standard InChI is InChI=1S/C40H24N2O3/c43-39-37(25-19-21-35-31(23-25)29-15-7-9-17-33(29)41(35)27-11-3-1-4-12-27)38(40(44)45-39)26-20-22-36-32(24-26)30-16-8-10-18-34(30)42(36)28-13-5-2-6-14-28/h1-24H. The van der Waals surface area contributed by atoms with Gasteiger partial charge in [-0.2, -0.15) is 0 Å². The highest BCUT2D eigenvalue weighted by atomic mass is 16.6. The number of rotatable bonds is 4. The molecular weight excluding hydrogens is 556 g/mol. The van der Waals surface area contributed by atoms with E-state index < -0.39 is 11.9 Å². The first-order valence-corrected chi connectivity index (χ1v) is 14.9. The molecule has 9 rings (SSSR count). The van der Waals surface area contributed by atoms with E-state index in [0.29, 0.717) is 11.1 Å². The number of nitrogens with zero attached hydrogens (tertiary/aromatic N) is 2. The van der Waals surface area contributed by atoms with Crippen LogP contribution in [0.3, 0.4) is 0 Å². The van der Waals surface area contributed by atoms with Gasteiger partial charge >= 0.3 is 11.9 Å². The zero-order chi connectivity index (χ0) is 30.1. The number of benzene rings is 6. The zero-order valence-electron chi connectivity index (χ0n) is 24.0. The van der Waals surface area contributed by atoms with Gasteiger partial charge in [0.05, 0.1) is 33.2 Å². The number of hydrogen-bond donors (Lipinski definition) is 0. The van der Waals surface area contributed by atoms with Gasteiger partial charge in [0.1, 0.15) is 0 Å². The molecule has 8 aromatic rings. The third-order valence-corrected chi connectivity index (χ3v) is 8.79. The van der Waals surface area contributed by atoms with E-state index in [-0.39, 0.29) is 11.1 Å². The number of carbonyl (C=O) groups is 2. The second-order valence-electron chi connectivity index (χ2n) is 11.3. The van der Waals surface area contributed by atoms with E-state index in [1.807, 2.05) is 97.1 Å². The summed E-state index contributed by atoms with van der Waals surface area (Å²) in [6.07, 6.45) is 0. The summed E-state index contributed by atoms with van der Waals surface area (Å²) in [4.78, 5) is 26.7. The van der Waals surface area contributed by atoms with Gasteiger partial charge in [-0.3, -0.25) is 0 Å². The maximum Gasteiger partial charge on any atom is 0.347 e. The van der Waals surface area contributed by atoms with Crippen molar-refractivity contribution in [3.8, 4) is 11.4 Å². The van der Waals surface area contributed by atoms with E-state index in [4.69, 9.17) is 4.74 Å². The third kappa shape index (κ3) is 3.74. The van der Waals surface area contributed by atoms with Crippen LogP contribution in [0.15, 0.2) is 146 Å². The fourth-order valence-electron chi connectivity index (χ4n) is 6.88. The van der Waals surface area contributed by atoms with E-state index in [2.05, 4.69) is 57.7 Å². The molecule has 0 aliphatic carbocycles. The lowest BCUT2D eigenvalue weighted by Gasteiger charge is -2.09. The molecule has 0 atom stereocenters. The van der Waals surface area contributed by atoms with Gasteiger partial charge < -0.3 is 13.9 Å². The van der Waals surface area contributed by atoms with E-state index in [1.54, 1.807) is 0 Å². The van der Waals surface area contributed by atoms with Crippen molar-refractivity contribution in [3.05, 3.63) is 157 Å². The average molecular weight is 581 g/mol. The maximum atomic E-state index is 13.4. The van der Waals surface area contributed by atoms with Gasteiger partial charge in [-0.05, 0) is 71.8 Å². The number of fused-ring (bicyclic) bond motifs is 6. The van der Waals surface area contributed by atoms with Crippen LogP contribution in [0.1, 0.15) is 11.1 Å². The number of aromatic nitrogens is 2. The number of carbonyl (C=O) groups excluding carboxylic acids is 2. The monoisotopic (exact) mass is 580 g/mol. The molecule has 0 saturated carbocycles. The van der Waals surface area contributed by atoms with Gasteiger partial charge in [-0.1, -0.05) is 84.9 Å². The van der Waals surface area contributed by atoms with Gasteiger partial charge in [-0.15, -0.1) is 0 Å². The van der Waals surface area contributed by atoms with Crippen molar-refractivity contribution in [2.24, 2.45) is 0 Å². The van der Waals surface area contributed by atoms with Crippen LogP contribution in [0, 0.1) is 0 Å². The van der Waals surface area contributed by atoms with E-state index in [1.165, 1.54) is 0 Å². The van der Waals surface area contributed by atoms with E-state index in [0.717, 1.165) is 55.0 Å². The number of esters is 2. The van der Waals surface area contributed by atoms with Crippen molar-refractivity contribution in [1.82, 2.24) is 9.13 Å². The Labute approximate surface area is 257 Å². The Balaban J connectivity index is 1.27. The second-order valence-corrected chi connectivity index (χ2v) is 11.3. The predicted octanol–water partition coefficient (Wildman–Crippen LogP) is 8.88. The molecule has 212 valence electrons. The molecule has 5 nitrogen and oxygen atoms in total. The van der Waals surface area contributed by atoms with Crippen molar-refractivity contribution in [2.75, 3.05) is 0 Å². The number of hydrogen-bond acceptors (Lipinski definition) is 3. The molecule has 6 aromatic carbocycles. The summed E-state index contributed by atoms with van der Waals surface area (Å²) in [5, 5.41) is 4.11. The molecule has 0 spiro atoms. The average Bonchev–Trinajstić information content (AvgIpc) is 3.71. The molecule has 0 fully saturated rings. The van der Waals surface area contributed by atoms with Gasteiger partial charge in [0.25, 0.3) is 0 Å². The highest BCUT2D eigenvalue weighted by Gasteiger charge is 2.35. The van der Waals surface area contributed by atoms with E-state index >= 15 is 0 Å². The fraction of sp³-hybridized carbons (Fsp3) is 0. The molecule has 1 aliphatic rings. The van der Waals surface area contributed by atoms with Crippen LogP contribution in [-0.2, 0) is 14.3 Å². The lowest BCUT2D eigenvalue weighted by Crippen LogP contribution is -2.02. The summed E-state index contributed by atoms with van der Waals surface area (Å²) in [5.41, 5.74) is 8.12. The molecule has 0 unspecified atom stereocenters. The van der Waals surface area contributed by atoms with Crippen LogP contribution in [-0.4, -0.2) is 21.1 Å². The normalized spacial score (nSPS) is 13.5. The van der Waals surface area contributed by atoms with Crippen LogP contribution >= 0.6 is 0 Å².